The highest BCUT2D eigenvalue weighted by Crippen LogP contribution is 1.52. The van der Waals surface area contributed by atoms with Crippen molar-refractivity contribution in [3.05, 3.63) is 0 Å². The second-order valence-electron chi connectivity index (χ2n) is 0.451. The van der Waals surface area contributed by atoms with Crippen LogP contribution in [0.4, 0.5) is 4.79 Å². The Morgan fingerprint density at radius 2 is 2.33 bits per heavy atom. The molecule has 0 saturated heterocycles. The van der Waals surface area contributed by atoms with Gasteiger partial charge in [0, 0.05) is 0 Å². The lowest BCUT2D eigenvalue weighted by atomic mass is 11.4. The second-order valence-corrected chi connectivity index (χ2v) is 0.451. The summed E-state index contributed by atoms with van der Waals surface area (Å²) in [6.45, 7) is 0. The maximum absolute atomic E-state index is 9.11. The standard InChI is InChI=1S/C2O4/c3-1-6-2(4)5/p+1. The first-order chi connectivity index (χ1) is 2.77. The summed E-state index contributed by atoms with van der Waals surface area (Å²) in [5.41, 5.74) is 0. The minimum atomic E-state index is -1.63. The molecule has 32 valence electrons. The molecule has 0 unspecified atom stereocenters. The number of rotatable bonds is 0. The molecule has 0 radical (unpaired) electrons. The minimum absolute atomic E-state index is 0.718. The Kier molecular flexibility index (Phi) is 1.71. The Balaban J connectivity index is 3.60. The van der Waals surface area contributed by atoms with Crippen molar-refractivity contribution in [1.82, 2.24) is 0 Å². The van der Waals surface area contributed by atoms with Crippen molar-refractivity contribution in [3.63, 3.8) is 0 Å². The SMILES string of the molecule is O=C=[O+]C(=O)O. The topological polar surface area (TPSA) is 65.7 Å². The third kappa shape index (κ3) is 2.85. The molecule has 0 saturated carbocycles. The smallest absolute Gasteiger partial charge is 0.361 e. The zero-order valence-electron chi connectivity index (χ0n) is 2.67. The molecule has 0 aliphatic heterocycles. The van der Waals surface area contributed by atoms with Gasteiger partial charge in [-0.1, -0.05) is 0 Å². The molecule has 6 heavy (non-hydrogen) atoms. The molecule has 0 atom stereocenters. The monoisotopic (exact) mass is 89.0 g/mol. The molecule has 0 aliphatic rings. The molecule has 0 aromatic heterocycles. The van der Waals surface area contributed by atoms with Gasteiger partial charge in [-0.3, -0.25) is 0 Å². The first-order valence-electron chi connectivity index (χ1n) is 1.04. The molecule has 4 heteroatoms. The van der Waals surface area contributed by atoms with Crippen molar-refractivity contribution in [2.24, 2.45) is 0 Å². The molecule has 0 amide bonds. The Bertz CT molecular complexity index is 98.1. The number of hydrogen-bond donors (Lipinski definition) is 1. The Hall–Kier alpha value is -1.15. The minimum Gasteiger partial charge on any atom is -0.361 e. The number of hydrogen-bond acceptors (Lipinski definition) is 2. The zero-order valence-corrected chi connectivity index (χ0v) is 2.67. The summed E-state index contributed by atoms with van der Waals surface area (Å²) in [5, 5.41) is 7.43. The van der Waals surface area contributed by atoms with Crippen LogP contribution >= 0.6 is 0 Å². The fourth-order valence-corrected chi connectivity index (χ4v) is 0.0356. The van der Waals surface area contributed by atoms with Gasteiger partial charge in [0.05, 0.1) is 0 Å². The van der Waals surface area contributed by atoms with Gasteiger partial charge in [-0.2, -0.15) is 0 Å². The number of carboxylic acid groups (broad SMARTS) is 1. The first-order valence-corrected chi connectivity index (χ1v) is 1.04. The van der Waals surface area contributed by atoms with Gasteiger partial charge in [0.2, 0.25) is 0 Å². The van der Waals surface area contributed by atoms with Crippen LogP contribution in [0.5, 0.6) is 0 Å². The van der Waals surface area contributed by atoms with Crippen LogP contribution in [0.2, 0.25) is 0 Å². The molecule has 0 aliphatic carbocycles. The molecule has 0 heterocycles. The van der Waals surface area contributed by atoms with E-state index < -0.39 is 6.16 Å². The van der Waals surface area contributed by atoms with Gasteiger partial charge in [-0.15, -0.1) is 0 Å². The zero-order chi connectivity index (χ0) is 4.99. The summed E-state index contributed by atoms with van der Waals surface area (Å²) in [6.07, 6.45) is -0.917. The van der Waals surface area contributed by atoms with Crippen LogP contribution in [-0.4, -0.2) is 17.4 Å². The van der Waals surface area contributed by atoms with Crippen LogP contribution in [0.3, 0.4) is 0 Å². The third-order valence-corrected chi connectivity index (χ3v) is 0.129. The van der Waals surface area contributed by atoms with Crippen molar-refractivity contribution in [3.8, 4) is 0 Å². The molecule has 0 fully saturated rings. The predicted octanol–water partition coefficient (Wildman–Crippen LogP) is -0.370. The molecule has 0 rings (SSSR count). The van der Waals surface area contributed by atoms with Crippen LogP contribution in [0.1, 0.15) is 0 Å². The van der Waals surface area contributed by atoms with Gasteiger partial charge >= 0.3 is 12.3 Å². The molecule has 0 bridgehead atoms. The maximum Gasteiger partial charge on any atom is 0.727 e. The molecule has 0 spiro atoms. The van der Waals surface area contributed by atoms with E-state index in [2.05, 4.69) is 4.42 Å². The quantitative estimate of drug-likeness (QED) is 0.412. The largest absolute Gasteiger partial charge is 0.727 e. The van der Waals surface area contributed by atoms with Crippen molar-refractivity contribution in [2.45, 2.75) is 0 Å². The maximum atomic E-state index is 9.11. The van der Waals surface area contributed by atoms with Gasteiger partial charge in [0.15, 0.2) is 0 Å². The van der Waals surface area contributed by atoms with E-state index in [9.17, 15) is 0 Å². The second kappa shape index (κ2) is 2.11. The van der Waals surface area contributed by atoms with Gasteiger partial charge in [0.25, 0.3) is 0 Å². The van der Waals surface area contributed by atoms with E-state index in [4.69, 9.17) is 14.7 Å². The van der Waals surface area contributed by atoms with E-state index >= 15 is 0 Å². The van der Waals surface area contributed by atoms with Gasteiger partial charge in [-0.25, -0.2) is 4.42 Å². The molecule has 4 nitrogen and oxygen atoms in total. The van der Waals surface area contributed by atoms with Crippen molar-refractivity contribution >= 4 is 12.3 Å². The lowest BCUT2D eigenvalue weighted by molar-refractivity contribution is -0.378. The van der Waals surface area contributed by atoms with Crippen LogP contribution < -0.4 is 0 Å². The normalized spacial score (nSPS) is 6.00. The summed E-state index contributed by atoms with van der Waals surface area (Å²) in [7, 11) is 0. The molecular formula is C2HO4+. The Morgan fingerprint density at radius 3 is 2.33 bits per heavy atom. The highest BCUT2D eigenvalue weighted by Gasteiger charge is 1.97. The highest BCUT2D eigenvalue weighted by molar-refractivity contribution is 5.54. The van der Waals surface area contributed by atoms with Crippen molar-refractivity contribution in [1.29, 1.82) is 0 Å². The van der Waals surface area contributed by atoms with Gasteiger partial charge in [0.1, 0.15) is 0 Å². The van der Waals surface area contributed by atoms with Crippen molar-refractivity contribution < 1.29 is 19.1 Å². The van der Waals surface area contributed by atoms with E-state index in [1.807, 2.05) is 0 Å². The molecule has 0 aromatic rings. The lowest BCUT2D eigenvalue weighted by Gasteiger charge is -1.50. The summed E-state index contributed by atoms with van der Waals surface area (Å²) < 4.78 is 3.15. The first kappa shape index (κ1) is 4.85. The number of carbonyl (C=O) groups excluding carboxylic acids is 2. The van der Waals surface area contributed by atoms with E-state index in [-0.39, 0.29) is 0 Å². The molecular weight excluding hydrogens is 88.0 g/mol. The summed E-state index contributed by atoms with van der Waals surface area (Å²) >= 11 is 0. The van der Waals surface area contributed by atoms with Crippen LogP contribution in [0.15, 0.2) is 0 Å². The van der Waals surface area contributed by atoms with E-state index in [0.717, 1.165) is 6.15 Å². The van der Waals surface area contributed by atoms with E-state index in [0.29, 0.717) is 0 Å². The van der Waals surface area contributed by atoms with Gasteiger partial charge < -0.3 is 5.11 Å². The van der Waals surface area contributed by atoms with Gasteiger partial charge in [-0.05, 0) is 9.59 Å². The van der Waals surface area contributed by atoms with Crippen LogP contribution in [-0.2, 0) is 9.22 Å². The fraction of sp³-hybridized carbons (Fsp3) is 0. The van der Waals surface area contributed by atoms with Crippen LogP contribution in [0.25, 0.3) is 0 Å². The third-order valence-electron chi connectivity index (χ3n) is 0.129. The van der Waals surface area contributed by atoms with Crippen LogP contribution in [0, 0.1) is 0 Å². The Morgan fingerprint density at radius 1 is 1.83 bits per heavy atom. The number of carbonyl (C=O) groups is 1. The Labute approximate surface area is 32.7 Å². The average molecular weight is 89.0 g/mol. The van der Waals surface area contributed by atoms with E-state index in [1.54, 1.807) is 0 Å². The molecule has 0 aromatic carbocycles. The summed E-state index contributed by atoms with van der Waals surface area (Å²) in [5.74, 6) is 0. The highest BCUT2D eigenvalue weighted by atomic mass is 16.6. The lowest BCUT2D eigenvalue weighted by Crippen LogP contribution is -1.87. The van der Waals surface area contributed by atoms with E-state index in [1.165, 1.54) is 0 Å². The van der Waals surface area contributed by atoms with Crippen molar-refractivity contribution in [2.75, 3.05) is 0 Å². The average Bonchev–Trinajstić information content (AvgIpc) is 1.35. The molecule has 1 N–H and O–H groups in total. The predicted molar refractivity (Wildman–Crippen MR) is 13.0 cm³/mol. The fourth-order valence-electron chi connectivity index (χ4n) is 0.0356. The summed E-state index contributed by atoms with van der Waals surface area (Å²) in [4.78, 5) is 18.0. The summed E-state index contributed by atoms with van der Waals surface area (Å²) in [6, 6.07) is 0.